The van der Waals surface area contributed by atoms with Crippen molar-refractivity contribution in [2.75, 3.05) is 5.32 Å². The molecule has 0 spiro atoms. The van der Waals surface area contributed by atoms with Crippen LogP contribution in [-0.4, -0.2) is 21.7 Å². The zero-order valence-corrected chi connectivity index (χ0v) is 20.2. The fraction of sp³-hybridized carbons (Fsp3) is 0.286. The predicted molar refractivity (Wildman–Crippen MR) is 136 cm³/mol. The van der Waals surface area contributed by atoms with Crippen molar-refractivity contribution in [1.29, 1.82) is 0 Å². The molecule has 0 saturated heterocycles. The molecule has 7 heteroatoms. The molecule has 2 heterocycles. The summed E-state index contributed by atoms with van der Waals surface area (Å²) in [6, 6.07) is 19.5. The number of benzene rings is 2. The first-order valence-electron chi connectivity index (χ1n) is 12.0. The van der Waals surface area contributed by atoms with Crippen LogP contribution in [0.2, 0.25) is 0 Å². The lowest BCUT2D eigenvalue weighted by atomic mass is 10.1. The number of anilines is 1. The summed E-state index contributed by atoms with van der Waals surface area (Å²) in [5.41, 5.74) is 3.63. The number of carbonyl (C=O) groups is 2. The second-order valence-corrected chi connectivity index (χ2v) is 10.5. The van der Waals surface area contributed by atoms with Gasteiger partial charge in [-0.05, 0) is 55.4 Å². The largest absolute Gasteiger partial charge is 0.439 e. The summed E-state index contributed by atoms with van der Waals surface area (Å²) in [5, 5.41) is 3.85. The van der Waals surface area contributed by atoms with Crippen molar-refractivity contribution in [1.82, 2.24) is 9.97 Å². The zero-order valence-electron chi connectivity index (χ0n) is 19.4. The number of fused-ring (bicyclic) bond motifs is 1. The van der Waals surface area contributed by atoms with Crippen LogP contribution in [0.3, 0.4) is 0 Å². The number of rotatable bonds is 8. The molecule has 2 aliphatic rings. The number of carbonyl (C=O) groups excluding carboxylic acids is 2. The lowest BCUT2D eigenvalue weighted by Crippen LogP contribution is -2.14. The molecule has 0 aliphatic heterocycles. The molecule has 2 fully saturated rings. The molecule has 1 amide bonds. The third-order valence-electron chi connectivity index (χ3n) is 6.66. The summed E-state index contributed by atoms with van der Waals surface area (Å²) in [6.45, 7) is 1.96. The van der Waals surface area contributed by atoms with E-state index in [0.717, 1.165) is 40.2 Å². The number of thiazole rings is 1. The molecular weight excluding hydrogens is 458 g/mol. The van der Waals surface area contributed by atoms with Crippen molar-refractivity contribution >= 4 is 39.1 Å². The minimum atomic E-state index is -0.000495. The standard InChI is InChI=1S/C28H25N3O3S/c1-16-7-10-19(29-27(33)21-14-20(21)17-5-3-2-4-6-17)13-24(16)34-25-12-11-22-28(31-25)35-26(30-22)15-23(32)18-8-9-18/h2-7,10-13,18,20-21H,8-9,14-15H2,1H3,(H,29,33)/t20-,21+/m0/s1. The topological polar surface area (TPSA) is 81.2 Å². The van der Waals surface area contributed by atoms with Gasteiger partial charge in [0.1, 0.15) is 26.9 Å². The summed E-state index contributed by atoms with van der Waals surface area (Å²) in [4.78, 5) is 34.8. The van der Waals surface area contributed by atoms with E-state index < -0.39 is 0 Å². The van der Waals surface area contributed by atoms with Gasteiger partial charge in [-0.3, -0.25) is 9.59 Å². The monoisotopic (exact) mass is 483 g/mol. The quantitative estimate of drug-likeness (QED) is 0.330. The van der Waals surface area contributed by atoms with Crippen LogP contribution >= 0.6 is 11.3 Å². The van der Waals surface area contributed by atoms with Gasteiger partial charge in [-0.15, -0.1) is 0 Å². The van der Waals surface area contributed by atoms with Crippen LogP contribution in [0.25, 0.3) is 10.3 Å². The molecular formula is C28H25N3O3S. The van der Waals surface area contributed by atoms with E-state index in [4.69, 9.17) is 4.74 Å². The highest BCUT2D eigenvalue weighted by Crippen LogP contribution is 2.48. The number of hydrogen-bond acceptors (Lipinski definition) is 6. The van der Waals surface area contributed by atoms with Crippen LogP contribution in [0.5, 0.6) is 11.6 Å². The minimum absolute atomic E-state index is 0.000495. The van der Waals surface area contributed by atoms with Crippen LogP contribution in [0, 0.1) is 18.8 Å². The van der Waals surface area contributed by atoms with Crippen LogP contribution in [0.1, 0.15) is 41.3 Å². The second kappa shape index (κ2) is 8.89. The van der Waals surface area contributed by atoms with Gasteiger partial charge in [0.15, 0.2) is 0 Å². The van der Waals surface area contributed by atoms with Gasteiger partial charge in [-0.2, -0.15) is 0 Å². The van der Waals surface area contributed by atoms with E-state index in [1.807, 2.05) is 49.4 Å². The van der Waals surface area contributed by atoms with Crippen molar-refractivity contribution in [2.45, 2.75) is 38.5 Å². The molecule has 4 aromatic rings. The molecule has 6 nitrogen and oxygen atoms in total. The first-order valence-corrected chi connectivity index (χ1v) is 12.8. The number of ether oxygens (including phenoxy) is 1. The highest BCUT2D eigenvalue weighted by Gasteiger charge is 2.43. The Bertz CT molecular complexity index is 1430. The minimum Gasteiger partial charge on any atom is -0.439 e. The van der Waals surface area contributed by atoms with Crippen LogP contribution < -0.4 is 10.1 Å². The Kier molecular flexibility index (Phi) is 5.57. The maximum atomic E-state index is 12.8. The first kappa shape index (κ1) is 21.9. The highest BCUT2D eigenvalue weighted by molar-refractivity contribution is 7.18. The summed E-state index contributed by atoms with van der Waals surface area (Å²) in [6.07, 6.45) is 3.27. The maximum absolute atomic E-state index is 12.8. The second-order valence-electron chi connectivity index (χ2n) is 9.43. The summed E-state index contributed by atoms with van der Waals surface area (Å²) in [5.74, 6) is 1.92. The predicted octanol–water partition coefficient (Wildman–Crippen LogP) is 6.06. The zero-order chi connectivity index (χ0) is 23.9. The molecule has 6 rings (SSSR count). The number of nitrogens with zero attached hydrogens (tertiary/aromatic N) is 2. The van der Waals surface area contributed by atoms with Crippen LogP contribution in [0.15, 0.2) is 60.7 Å². The molecule has 2 aromatic heterocycles. The van der Waals surface area contributed by atoms with E-state index in [2.05, 4.69) is 27.4 Å². The Morgan fingerprint density at radius 3 is 2.69 bits per heavy atom. The summed E-state index contributed by atoms with van der Waals surface area (Å²) < 4.78 is 6.09. The van der Waals surface area contributed by atoms with E-state index in [9.17, 15) is 9.59 Å². The van der Waals surface area contributed by atoms with Gasteiger partial charge in [-0.1, -0.05) is 47.7 Å². The van der Waals surface area contributed by atoms with Crippen LogP contribution in [-0.2, 0) is 16.0 Å². The molecule has 1 N–H and O–H groups in total. The lowest BCUT2D eigenvalue weighted by molar-refractivity contribution is -0.119. The van der Waals surface area contributed by atoms with Gasteiger partial charge in [0.05, 0.1) is 6.42 Å². The lowest BCUT2D eigenvalue weighted by Gasteiger charge is -2.11. The van der Waals surface area contributed by atoms with Gasteiger partial charge < -0.3 is 10.1 Å². The molecule has 2 aromatic carbocycles. The van der Waals surface area contributed by atoms with Crippen molar-refractivity contribution in [2.24, 2.45) is 11.8 Å². The van der Waals surface area contributed by atoms with Crippen LogP contribution in [0.4, 0.5) is 5.69 Å². The van der Waals surface area contributed by atoms with E-state index in [1.54, 1.807) is 6.07 Å². The molecule has 35 heavy (non-hydrogen) atoms. The van der Waals surface area contributed by atoms with Crippen molar-refractivity contribution < 1.29 is 14.3 Å². The van der Waals surface area contributed by atoms with Gasteiger partial charge >= 0.3 is 0 Å². The number of hydrogen-bond donors (Lipinski definition) is 1. The number of Topliss-reactive ketones (excluding diaryl/α,β-unsaturated/α-hetero) is 1. The van der Waals surface area contributed by atoms with E-state index in [-0.39, 0.29) is 29.4 Å². The molecule has 176 valence electrons. The van der Waals surface area contributed by atoms with Gasteiger partial charge in [0, 0.05) is 29.7 Å². The highest BCUT2D eigenvalue weighted by atomic mass is 32.1. The molecule has 0 unspecified atom stereocenters. The normalized spacial score (nSPS) is 18.9. The Morgan fingerprint density at radius 1 is 1.06 bits per heavy atom. The number of aromatic nitrogens is 2. The number of amides is 1. The first-order chi connectivity index (χ1) is 17.0. The Morgan fingerprint density at radius 2 is 1.89 bits per heavy atom. The smallest absolute Gasteiger partial charge is 0.228 e. The van der Waals surface area contributed by atoms with E-state index in [0.29, 0.717) is 23.7 Å². The van der Waals surface area contributed by atoms with Gasteiger partial charge in [-0.25, -0.2) is 9.97 Å². The number of ketones is 1. The average molecular weight is 484 g/mol. The van der Waals surface area contributed by atoms with Gasteiger partial charge in [0.2, 0.25) is 11.8 Å². The third-order valence-corrected chi connectivity index (χ3v) is 7.62. The molecule has 2 atom stereocenters. The van der Waals surface area contributed by atoms with E-state index in [1.165, 1.54) is 16.9 Å². The van der Waals surface area contributed by atoms with Gasteiger partial charge in [0.25, 0.3) is 0 Å². The van der Waals surface area contributed by atoms with Crippen molar-refractivity contribution in [3.8, 4) is 11.6 Å². The Labute approximate surface area is 207 Å². The fourth-order valence-corrected chi connectivity index (χ4v) is 5.30. The molecule has 0 radical (unpaired) electrons. The summed E-state index contributed by atoms with van der Waals surface area (Å²) >= 11 is 1.44. The third kappa shape index (κ3) is 4.82. The van der Waals surface area contributed by atoms with E-state index >= 15 is 0 Å². The number of nitrogens with one attached hydrogen (secondary N) is 1. The average Bonchev–Trinajstić information content (AvgIpc) is 3.78. The Hall–Kier alpha value is -3.58. The number of pyridine rings is 1. The molecule has 2 aliphatic carbocycles. The fourth-order valence-electron chi connectivity index (χ4n) is 4.37. The van der Waals surface area contributed by atoms with Crippen molar-refractivity contribution in [3.63, 3.8) is 0 Å². The number of aryl methyl sites for hydroxylation is 1. The summed E-state index contributed by atoms with van der Waals surface area (Å²) in [7, 11) is 0. The SMILES string of the molecule is Cc1ccc(NC(=O)[C@@H]2C[C@H]2c2ccccc2)cc1Oc1ccc2nc(CC(=O)C3CC3)sc2n1. The Balaban J connectivity index is 1.14. The molecule has 0 bridgehead atoms. The molecule has 2 saturated carbocycles. The maximum Gasteiger partial charge on any atom is 0.228 e. The van der Waals surface area contributed by atoms with Crippen molar-refractivity contribution in [3.05, 3.63) is 76.8 Å².